The Labute approximate surface area is 87.5 Å². The molecule has 1 aromatic heterocycles. The van der Waals surface area contributed by atoms with Crippen LogP contribution in [0.2, 0.25) is 5.02 Å². The molecule has 0 amide bonds. The lowest BCUT2D eigenvalue weighted by Gasteiger charge is -2.00. The molecule has 1 heterocycles. The summed E-state index contributed by atoms with van der Waals surface area (Å²) in [6, 6.07) is 3.98. The molecule has 0 aliphatic rings. The van der Waals surface area contributed by atoms with Gasteiger partial charge in [-0.05, 0) is 12.5 Å². The van der Waals surface area contributed by atoms with E-state index in [-0.39, 0.29) is 0 Å². The normalized spacial score (nSPS) is 11.1. The number of fused-ring (bicyclic) bond motifs is 1. The number of nitrogens with zero attached hydrogens (tertiary/aromatic N) is 2. The largest absolute Gasteiger partial charge is 0.326 e. The topological polar surface area (TPSA) is 43.8 Å². The summed E-state index contributed by atoms with van der Waals surface area (Å²) < 4.78 is 1.83. The van der Waals surface area contributed by atoms with Crippen molar-refractivity contribution in [2.24, 2.45) is 12.8 Å². The minimum atomic E-state index is 0.449. The highest BCUT2D eigenvalue weighted by atomic mass is 35.5. The van der Waals surface area contributed by atoms with Crippen molar-refractivity contribution >= 4 is 22.5 Å². The van der Waals surface area contributed by atoms with Crippen molar-refractivity contribution in [2.75, 3.05) is 0 Å². The van der Waals surface area contributed by atoms with Crippen molar-refractivity contribution in [1.82, 2.24) is 9.78 Å². The smallest absolute Gasteiger partial charge is 0.111 e. The molecular formula is C10H12ClN3. The van der Waals surface area contributed by atoms with Crippen molar-refractivity contribution in [3.63, 3.8) is 0 Å². The number of nitrogens with two attached hydrogens (primary N) is 1. The van der Waals surface area contributed by atoms with E-state index in [9.17, 15) is 0 Å². The number of aromatic nitrogens is 2. The molecule has 0 saturated heterocycles. The molecule has 74 valence electrons. The summed E-state index contributed by atoms with van der Waals surface area (Å²) in [6.45, 7) is 2.47. The van der Waals surface area contributed by atoms with Gasteiger partial charge in [-0.15, -0.1) is 0 Å². The van der Waals surface area contributed by atoms with Gasteiger partial charge >= 0.3 is 0 Å². The van der Waals surface area contributed by atoms with Crippen LogP contribution in [0.3, 0.4) is 0 Å². The van der Waals surface area contributed by atoms with E-state index in [2.05, 4.69) is 5.10 Å². The Morgan fingerprint density at radius 1 is 1.50 bits per heavy atom. The van der Waals surface area contributed by atoms with Crippen LogP contribution < -0.4 is 5.73 Å². The molecule has 4 heteroatoms. The van der Waals surface area contributed by atoms with Gasteiger partial charge in [0.05, 0.1) is 5.02 Å². The van der Waals surface area contributed by atoms with Gasteiger partial charge in [0.15, 0.2) is 0 Å². The number of halogens is 1. The standard InChI is InChI=1S/C10H12ClN3/c1-6-8-4-3-7(5-12)9(11)10(8)13-14(6)2/h3-4H,5,12H2,1-2H3. The first-order chi connectivity index (χ1) is 6.65. The zero-order chi connectivity index (χ0) is 10.3. The summed E-state index contributed by atoms with van der Waals surface area (Å²) in [6.07, 6.45) is 0. The van der Waals surface area contributed by atoms with Gasteiger partial charge in [-0.1, -0.05) is 23.7 Å². The summed E-state index contributed by atoms with van der Waals surface area (Å²) in [4.78, 5) is 0. The highest BCUT2D eigenvalue weighted by Gasteiger charge is 2.10. The molecule has 0 atom stereocenters. The van der Waals surface area contributed by atoms with Gasteiger partial charge in [-0.2, -0.15) is 5.10 Å². The summed E-state index contributed by atoms with van der Waals surface area (Å²) >= 11 is 6.17. The molecule has 1 aromatic carbocycles. The fourth-order valence-corrected chi connectivity index (χ4v) is 1.83. The number of benzene rings is 1. The lowest BCUT2D eigenvalue weighted by Crippen LogP contribution is -1.97. The van der Waals surface area contributed by atoms with Gasteiger partial charge in [0.25, 0.3) is 0 Å². The second-order valence-electron chi connectivity index (χ2n) is 3.35. The second-order valence-corrected chi connectivity index (χ2v) is 3.73. The van der Waals surface area contributed by atoms with Crippen molar-refractivity contribution in [2.45, 2.75) is 13.5 Å². The Bertz CT molecular complexity index is 488. The third-order valence-electron chi connectivity index (χ3n) is 2.54. The molecule has 0 aliphatic carbocycles. The van der Waals surface area contributed by atoms with Crippen molar-refractivity contribution in [3.05, 3.63) is 28.4 Å². The highest BCUT2D eigenvalue weighted by molar-refractivity contribution is 6.35. The first-order valence-corrected chi connectivity index (χ1v) is 4.83. The van der Waals surface area contributed by atoms with Gasteiger partial charge in [0.2, 0.25) is 0 Å². The Hall–Kier alpha value is -1.06. The van der Waals surface area contributed by atoms with Crippen LogP contribution in [-0.4, -0.2) is 9.78 Å². The highest BCUT2D eigenvalue weighted by Crippen LogP contribution is 2.27. The van der Waals surface area contributed by atoms with E-state index in [4.69, 9.17) is 17.3 Å². The first kappa shape index (κ1) is 9.49. The van der Waals surface area contributed by atoms with Crippen LogP contribution in [0.5, 0.6) is 0 Å². The minimum Gasteiger partial charge on any atom is -0.326 e. The Morgan fingerprint density at radius 2 is 2.21 bits per heavy atom. The van der Waals surface area contributed by atoms with Crippen molar-refractivity contribution < 1.29 is 0 Å². The molecule has 0 unspecified atom stereocenters. The molecule has 0 bridgehead atoms. The molecule has 0 saturated carbocycles. The third kappa shape index (κ3) is 1.21. The Kier molecular flexibility index (Phi) is 2.21. The fraction of sp³-hybridized carbons (Fsp3) is 0.300. The van der Waals surface area contributed by atoms with Crippen LogP contribution in [0.15, 0.2) is 12.1 Å². The lowest BCUT2D eigenvalue weighted by molar-refractivity contribution is 0.751. The van der Waals surface area contributed by atoms with E-state index >= 15 is 0 Å². The average Bonchev–Trinajstić information content (AvgIpc) is 2.46. The summed E-state index contributed by atoms with van der Waals surface area (Å²) in [5.41, 5.74) is 8.47. The molecule has 2 aromatic rings. The Morgan fingerprint density at radius 3 is 2.86 bits per heavy atom. The van der Waals surface area contributed by atoms with E-state index in [1.165, 1.54) is 0 Å². The molecule has 14 heavy (non-hydrogen) atoms. The van der Waals surface area contributed by atoms with E-state index in [1.807, 2.05) is 30.8 Å². The SMILES string of the molecule is Cc1c2ccc(CN)c(Cl)c2nn1C. The van der Waals surface area contributed by atoms with Crippen LogP contribution in [0, 0.1) is 6.92 Å². The average molecular weight is 210 g/mol. The maximum absolute atomic E-state index is 6.17. The van der Waals surface area contributed by atoms with E-state index in [0.29, 0.717) is 11.6 Å². The van der Waals surface area contributed by atoms with Crippen LogP contribution in [0.1, 0.15) is 11.3 Å². The van der Waals surface area contributed by atoms with Crippen LogP contribution in [-0.2, 0) is 13.6 Å². The zero-order valence-corrected chi connectivity index (χ0v) is 8.97. The van der Waals surface area contributed by atoms with Gasteiger partial charge in [0, 0.05) is 24.7 Å². The first-order valence-electron chi connectivity index (χ1n) is 4.46. The Balaban J connectivity index is 2.83. The van der Waals surface area contributed by atoms with Gasteiger partial charge in [-0.25, -0.2) is 0 Å². The quantitative estimate of drug-likeness (QED) is 0.781. The molecule has 0 fully saturated rings. The summed E-state index contributed by atoms with van der Waals surface area (Å²) in [7, 11) is 1.91. The molecule has 3 nitrogen and oxygen atoms in total. The van der Waals surface area contributed by atoms with Crippen LogP contribution >= 0.6 is 11.6 Å². The number of rotatable bonds is 1. The predicted molar refractivity (Wildman–Crippen MR) is 58.4 cm³/mol. The number of hydrogen-bond donors (Lipinski definition) is 1. The van der Waals surface area contributed by atoms with Gasteiger partial charge in [0.1, 0.15) is 5.52 Å². The van der Waals surface area contributed by atoms with Gasteiger partial charge in [-0.3, -0.25) is 4.68 Å². The minimum absolute atomic E-state index is 0.449. The zero-order valence-electron chi connectivity index (χ0n) is 8.21. The second kappa shape index (κ2) is 3.26. The number of hydrogen-bond acceptors (Lipinski definition) is 2. The van der Waals surface area contributed by atoms with Gasteiger partial charge < -0.3 is 5.73 Å². The maximum atomic E-state index is 6.17. The van der Waals surface area contributed by atoms with E-state index < -0.39 is 0 Å². The third-order valence-corrected chi connectivity index (χ3v) is 2.96. The molecule has 2 rings (SSSR count). The fourth-order valence-electron chi connectivity index (χ4n) is 1.55. The summed E-state index contributed by atoms with van der Waals surface area (Å²) in [5, 5.41) is 6.12. The molecule has 0 aliphatic heterocycles. The van der Waals surface area contributed by atoms with E-state index in [1.54, 1.807) is 0 Å². The molecule has 0 spiro atoms. The molecular weight excluding hydrogens is 198 g/mol. The van der Waals surface area contributed by atoms with Crippen molar-refractivity contribution in [3.8, 4) is 0 Å². The number of aryl methyl sites for hydroxylation is 2. The van der Waals surface area contributed by atoms with Crippen LogP contribution in [0.25, 0.3) is 10.9 Å². The molecule has 2 N–H and O–H groups in total. The predicted octanol–water partition coefficient (Wildman–Crippen LogP) is 1.99. The van der Waals surface area contributed by atoms with E-state index in [0.717, 1.165) is 22.2 Å². The monoisotopic (exact) mass is 209 g/mol. The maximum Gasteiger partial charge on any atom is 0.111 e. The summed E-state index contributed by atoms with van der Waals surface area (Å²) in [5.74, 6) is 0. The lowest BCUT2D eigenvalue weighted by atomic mass is 10.1. The van der Waals surface area contributed by atoms with Crippen LogP contribution in [0.4, 0.5) is 0 Å². The molecule has 0 radical (unpaired) electrons. The van der Waals surface area contributed by atoms with Crippen molar-refractivity contribution in [1.29, 1.82) is 0 Å².